The second kappa shape index (κ2) is 7.07. The standard InChI is InChI=1S/C18H17ClF3N3O/c19-15-7-6-12(9-14(15)18(20,21)22)24-17(26)25-16-3-1-2-10-4-5-11(23)8-13(10)16/h4-9,16H,1-3,23H2,(H2,24,25,26). The van der Waals surface area contributed by atoms with Crippen LogP contribution in [0.15, 0.2) is 36.4 Å². The van der Waals surface area contributed by atoms with E-state index in [4.69, 9.17) is 17.3 Å². The maximum Gasteiger partial charge on any atom is 0.417 e. The first kappa shape index (κ1) is 18.4. The van der Waals surface area contributed by atoms with Crippen molar-refractivity contribution in [1.29, 1.82) is 0 Å². The number of benzene rings is 2. The molecule has 0 saturated heterocycles. The average Bonchev–Trinajstić information content (AvgIpc) is 2.56. The van der Waals surface area contributed by atoms with Gasteiger partial charge in [-0.3, -0.25) is 0 Å². The summed E-state index contributed by atoms with van der Waals surface area (Å²) in [5.41, 5.74) is 7.50. The maximum absolute atomic E-state index is 12.9. The average molecular weight is 384 g/mol. The summed E-state index contributed by atoms with van der Waals surface area (Å²) in [5, 5.41) is 4.82. The Morgan fingerprint density at radius 2 is 1.96 bits per heavy atom. The van der Waals surface area contributed by atoms with Crippen LogP contribution in [0.1, 0.15) is 35.6 Å². The number of aryl methyl sites for hydroxylation is 1. The molecule has 0 spiro atoms. The monoisotopic (exact) mass is 383 g/mol. The number of nitrogens with two attached hydrogens (primary N) is 1. The van der Waals surface area contributed by atoms with Crippen LogP contribution in [-0.4, -0.2) is 6.03 Å². The molecule has 2 aromatic rings. The van der Waals surface area contributed by atoms with E-state index in [-0.39, 0.29) is 11.7 Å². The third-order valence-electron chi connectivity index (χ3n) is 4.32. The van der Waals surface area contributed by atoms with Gasteiger partial charge < -0.3 is 16.4 Å². The zero-order chi connectivity index (χ0) is 18.9. The second-order valence-corrected chi connectivity index (χ2v) is 6.60. The Balaban J connectivity index is 1.74. The summed E-state index contributed by atoms with van der Waals surface area (Å²) >= 11 is 5.58. The molecule has 138 valence electrons. The van der Waals surface area contributed by atoms with E-state index in [1.54, 1.807) is 0 Å². The van der Waals surface area contributed by atoms with Gasteiger partial charge in [-0.2, -0.15) is 13.2 Å². The first-order chi connectivity index (χ1) is 12.2. The van der Waals surface area contributed by atoms with Crippen molar-refractivity contribution in [3.05, 3.63) is 58.1 Å². The van der Waals surface area contributed by atoms with Crippen molar-refractivity contribution in [2.24, 2.45) is 0 Å². The molecule has 4 N–H and O–H groups in total. The summed E-state index contributed by atoms with van der Waals surface area (Å²) in [6.45, 7) is 0. The summed E-state index contributed by atoms with van der Waals surface area (Å²) in [6.07, 6.45) is -2.05. The molecule has 0 radical (unpaired) electrons. The molecule has 4 nitrogen and oxygen atoms in total. The third-order valence-corrected chi connectivity index (χ3v) is 4.65. The Labute approximate surface area is 153 Å². The highest BCUT2D eigenvalue weighted by atomic mass is 35.5. The predicted octanol–water partition coefficient (Wildman–Crippen LogP) is 5.14. The van der Waals surface area contributed by atoms with Crippen molar-refractivity contribution < 1.29 is 18.0 Å². The molecule has 1 atom stereocenters. The molecule has 1 unspecified atom stereocenters. The highest BCUT2D eigenvalue weighted by Crippen LogP contribution is 2.36. The van der Waals surface area contributed by atoms with Gasteiger partial charge in [-0.1, -0.05) is 17.7 Å². The smallest absolute Gasteiger partial charge is 0.399 e. The van der Waals surface area contributed by atoms with Crippen molar-refractivity contribution in [3.8, 4) is 0 Å². The van der Waals surface area contributed by atoms with Crippen LogP contribution in [-0.2, 0) is 12.6 Å². The number of hydrogen-bond acceptors (Lipinski definition) is 2. The fourth-order valence-corrected chi connectivity index (χ4v) is 3.34. The summed E-state index contributed by atoms with van der Waals surface area (Å²) in [4.78, 5) is 12.3. The summed E-state index contributed by atoms with van der Waals surface area (Å²) in [6, 6.07) is 8.00. The Morgan fingerprint density at radius 1 is 1.19 bits per heavy atom. The molecule has 2 aromatic carbocycles. The minimum atomic E-state index is -4.59. The molecule has 0 bridgehead atoms. The summed E-state index contributed by atoms with van der Waals surface area (Å²) < 4.78 is 38.8. The molecular weight excluding hydrogens is 367 g/mol. The normalized spacial score (nSPS) is 16.7. The van der Waals surface area contributed by atoms with Gasteiger partial charge >= 0.3 is 12.2 Å². The van der Waals surface area contributed by atoms with Gasteiger partial charge in [-0.25, -0.2) is 4.79 Å². The summed E-state index contributed by atoms with van der Waals surface area (Å²) in [7, 11) is 0. The lowest BCUT2D eigenvalue weighted by atomic mass is 9.87. The molecule has 8 heteroatoms. The molecule has 2 amide bonds. The lowest BCUT2D eigenvalue weighted by Gasteiger charge is -2.27. The second-order valence-electron chi connectivity index (χ2n) is 6.19. The van der Waals surface area contributed by atoms with Gasteiger partial charge in [-0.15, -0.1) is 0 Å². The highest BCUT2D eigenvalue weighted by Gasteiger charge is 2.33. The van der Waals surface area contributed by atoms with Crippen molar-refractivity contribution in [2.45, 2.75) is 31.5 Å². The van der Waals surface area contributed by atoms with Gasteiger partial charge in [0.05, 0.1) is 16.6 Å². The van der Waals surface area contributed by atoms with Gasteiger partial charge in [0.1, 0.15) is 0 Å². The van der Waals surface area contributed by atoms with E-state index in [1.165, 1.54) is 6.07 Å². The zero-order valence-electron chi connectivity index (χ0n) is 13.7. The molecule has 1 aliphatic rings. The lowest BCUT2D eigenvalue weighted by molar-refractivity contribution is -0.137. The van der Waals surface area contributed by atoms with Crippen LogP contribution in [0.4, 0.5) is 29.3 Å². The Kier molecular flexibility index (Phi) is 5.00. The first-order valence-corrected chi connectivity index (χ1v) is 8.44. The number of amides is 2. The lowest BCUT2D eigenvalue weighted by Crippen LogP contribution is -2.34. The molecule has 1 aliphatic carbocycles. The van der Waals surface area contributed by atoms with Crippen molar-refractivity contribution in [2.75, 3.05) is 11.1 Å². The van der Waals surface area contributed by atoms with Crippen LogP contribution < -0.4 is 16.4 Å². The quantitative estimate of drug-likeness (QED) is 0.628. The maximum atomic E-state index is 12.9. The number of anilines is 2. The fraction of sp³-hybridized carbons (Fsp3) is 0.278. The number of nitrogens with one attached hydrogen (secondary N) is 2. The van der Waals surface area contributed by atoms with Crippen molar-refractivity contribution in [1.82, 2.24) is 5.32 Å². The van der Waals surface area contributed by atoms with Gasteiger partial charge in [0.15, 0.2) is 0 Å². The van der Waals surface area contributed by atoms with E-state index in [9.17, 15) is 18.0 Å². The minimum Gasteiger partial charge on any atom is -0.399 e. The van der Waals surface area contributed by atoms with Gasteiger partial charge in [0.25, 0.3) is 0 Å². The van der Waals surface area contributed by atoms with E-state index < -0.39 is 22.8 Å². The van der Waals surface area contributed by atoms with Crippen LogP contribution in [0.25, 0.3) is 0 Å². The Hall–Kier alpha value is -2.41. The van der Waals surface area contributed by atoms with E-state index in [2.05, 4.69) is 10.6 Å². The number of nitrogen functional groups attached to an aromatic ring is 1. The number of halogens is 4. The third kappa shape index (κ3) is 4.04. The molecule has 0 fully saturated rings. The van der Waals surface area contributed by atoms with Crippen LogP contribution in [0.5, 0.6) is 0 Å². The molecule has 0 aliphatic heterocycles. The fourth-order valence-electron chi connectivity index (χ4n) is 3.11. The number of alkyl halides is 3. The minimum absolute atomic E-state index is 0.0165. The van der Waals surface area contributed by atoms with Gasteiger partial charge in [-0.05, 0) is 60.7 Å². The number of rotatable bonds is 2. The summed E-state index contributed by atoms with van der Waals surface area (Å²) in [5.74, 6) is 0. The molecule has 0 saturated carbocycles. The first-order valence-electron chi connectivity index (χ1n) is 8.06. The number of hydrogen-bond donors (Lipinski definition) is 3. The zero-order valence-corrected chi connectivity index (χ0v) is 14.4. The Bertz CT molecular complexity index is 839. The number of fused-ring (bicyclic) bond motifs is 1. The van der Waals surface area contributed by atoms with Crippen LogP contribution in [0.2, 0.25) is 5.02 Å². The molecular formula is C18H17ClF3N3O. The highest BCUT2D eigenvalue weighted by molar-refractivity contribution is 6.31. The number of carbonyl (C=O) groups excluding carboxylic acids is 1. The van der Waals surface area contributed by atoms with Crippen molar-refractivity contribution in [3.63, 3.8) is 0 Å². The van der Waals surface area contributed by atoms with Crippen LogP contribution in [0.3, 0.4) is 0 Å². The molecule has 3 rings (SSSR count). The van der Waals surface area contributed by atoms with Crippen molar-refractivity contribution >= 4 is 29.0 Å². The van der Waals surface area contributed by atoms with E-state index in [0.29, 0.717) is 5.69 Å². The Morgan fingerprint density at radius 3 is 2.69 bits per heavy atom. The molecule has 0 aromatic heterocycles. The topological polar surface area (TPSA) is 67.1 Å². The van der Waals surface area contributed by atoms with E-state index in [0.717, 1.165) is 42.5 Å². The van der Waals surface area contributed by atoms with Gasteiger partial charge in [0.2, 0.25) is 0 Å². The molecule has 0 heterocycles. The number of carbonyl (C=O) groups is 1. The SMILES string of the molecule is Nc1ccc2c(c1)C(NC(=O)Nc1ccc(Cl)c(C(F)(F)F)c1)CCC2. The largest absolute Gasteiger partial charge is 0.417 e. The predicted molar refractivity (Wildman–Crippen MR) is 95.1 cm³/mol. The van der Waals surface area contributed by atoms with Gasteiger partial charge in [0, 0.05) is 11.4 Å². The van der Waals surface area contributed by atoms with E-state index >= 15 is 0 Å². The number of urea groups is 1. The van der Waals surface area contributed by atoms with Crippen LogP contribution >= 0.6 is 11.6 Å². The van der Waals surface area contributed by atoms with E-state index in [1.807, 2.05) is 18.2 Å². The molecule has 26 heavy (non-hydrogen) atoms. The van der Waals surface area contributed by atoms with Crippen LogP contribution in [0, 0.1) is 0 Å².